The molecule has 0 bridgehead atoms. The number of unbranched alkanes of at least 4 members (excludes halogenated alkanes) is 3. The number of likely N-dealkylation sites (tertiary alicyclic amines) is 1. The fourth-order valence-corrected chi connectivity index (χ4v) is 2.18. The zero-order valence-corrected chi connectivity index (χ0v) is 10.0. The van der Waals surface area contributed by atoms with Gasteiger partial charge in [-0.2, -0.15) is 0 Å². The highest BCUT2D eigenvalue weighted by Gasteiger charge is 2.31. The summed E-state index contributed by atoms with van der Waals surface area (Å²) >= 11 is 0. The monoisotopic (exact) mass is 212 g/mol. The lowest BCUT2D eigenvalue weighted by molar-refractivity contribution is -0.130. The molecule has 0 spiro atoms. The third-order valence-corrected chi connectivity index (χ3v) is 3.29. The second kappa shape index (κ2) is 6.11. The second-order valence-electron chi connectivity index (χ2n) is 4.63. The summed E-state index contributed by atoms with van der Waals surface area (Å²) in [6.45, 7) is 5.21. The largest absolute Gasteiger partial charge is 0.339 e. The molecule has 1 aliphatic heterocycles. The summed E-state index contributed by atoms with van der Waals surface area (Å²) < 4.78 is 0. The summed E-state index contributed by atoms with van der Waals surface area (Å²) in [5, 5.41) is 0. The van der Waals surface area contributed by atoms with Crippen LogP contribution in [0.1, 0.15) is 52.4 Å². The molecule has 0 aromatic heterocycles. The van der Waals surface area contributed by atoms with Gasteiger partial charge in [-0.25, -0.2) is 0 Å². The van der Waals surface area contributed by atoms with Gasteiger partial charge in [-0.3, -0.25) is 4.79 Å². The molecule has 3 nitrogen and oxygen atoms in total. The molecule has 0 saturated carbocycles. The summed E-state index contributed by atoms with van der Waals surface area (Å²) in [5.41, 5.74) is 5.69. The van der Waals surface area contributed by atoms with Crippen LogP contribution in [0.3, 0.4) is 0 Å². The molecule has 2 atom stereocenters. The van der Waals surface area contributed by atoms with E-state index in [0.717, 1.165) is 19.4 Å². The second-order valence-corrected chi connectivity index (χ2v) is 4.63. The molecule has 1 fully saturated rings. The van der Waals surface area contributed by atoms with Gasteiger partial charge in [-0.05, 0) is 19.8 Å². The van der Waals surface area contributed by atoms with Crippen molar-refractivity contribution in [1.82, 2.24) is 4.90 Å². The van der Waals surface area contributed by atoms with Crippen LogP contribution in [0.15, 0.2) is 0 Å². The van der Waals surface area contributed by atoms with E-state index in [-0.39, 0.29) is 11.9 Å². The molecule has 15 heavy (non-hydrogen) atoms. The standard InChI is InChI=1S/C12H24N2O/c1-3-4-5-6-7-10(2)14-9-8-11(13)12(14)15/h10-11H,3-9,13H2,1-2H3. The molecule has 1 rings (SSSR count). The van der Waals surface area contributed by atoms with E-state index in [2.05, 4.69) is 13.8 Å². The molecular formula is C12H24N2O. The molecule has 2 N–H and O–H groups in total. The van der Waals surface area contributed by atoms with Crippen LogP contribution >= 0.6 is 0 Å². The highest BCUT2D eigenvalue weighted by molar-refractivity contribution is 5.83. The molecule has 0 radical (unpaired) electrons. The lowest BCUT2D eigenvalue weighted by atomic mass is 10.1. The van der Waals surface area contributed by atoms with Gasteiger partial charge in [0.1, 0.15) is 0 Å². The molecule has 0 aromatic carbocycles. The van der Waals surface area contributed by atoms with E-state index in [1.807, 2.05) is 4.90 Å². The number of nitrogens with two attached hydrogens (primary N) is 1. The number of rotatable bonds is 6. The predicted octanol–water partition coefficient (Wildman–Crippen LogP) is 1.90. The maximum atomic E-state index is 11.6. The first kappa shape index (κ1) is 12.5. The van der Waals surface area contributed by atoms with Gasteiger partial charge in [0.05, 0.1) is 6.04 Å². The van der Waals surface area contributed by atoms with Crippen molar-refractivity contribution in [3.63, 3.8) is 0 Å². The normalized spacial score (nSPS) is 23.5. The number of carbonyl (C=O) groups is 1. The topological polar surface area (TPSA) is 46.3 Å². The zero-order valence-electron chi connectivity index (χ0n) is 10.0. The van der Waals surface area contributed by atoms with E-state index in [1.165, 1.54) is 25.7 Å². The average Bonchev–Trinajstić information content (AvgIpc) is 2.55. The Labute approximate surface area is 93.0 Å². The van der Waals surface area contributed by atoms with Crippen LogP contribution in [-0.4, -0.2) is 29.4 Å². The SMILES string of the molecule is CCCCCCC(C)N1CCC(N)C1=O. The summed E-state index contributed by atoms with van der Waals surface area (Å²) in [7, 11) is 0. The number of amides is 1. The molecule has 1 amide bonds. The quantitative estimate of drug-likeness (QED) is 0.684. The predicted molar refractivity (Wildman–Crippen MR) is 62.5 cm³/mol. The Morgan fingerprint density at radius 3 is 2.73 bits per heavy atom. The van der Waals surface area contributed by atoms with Crippen LogP contribution in [0.2, 0.25) is 0 Å². The van der Waals surface area contributed by atoms with Crippen molar-refractivity contribution >= 4 is 5.91 Å². The Hall–Kier alpha value is -0.570. The molecular weight excluding hydrogens is 188 g/mol. The van der Waals surface area contributed by atoms with E-state index in [9.17, 15) is 4.79 Å². The smallest absolute Gasteiger partial charge is 0.239 e. The van der Waals surface area contributed by atoms with Crippen molar-refractivity contribution in [3.05, 3.63) is 0 Å². The van der Waals surface area contributed by atoms with Crippen molar-refractivity contribution < 1.29 is 4.79 Å². The van der Waals surface area contributed by atoms with Crippen LogP contribution in [0.4, 0.5) is 0 Å². The summed E-state index contributed by atoms with van der Waals surface area (Å²) in [6.07, 6.45) is 7.04. The fraction of sp³-hybridized carbons (Fsp3) is 0.917. The lowest BCUT2D eigenvalue weighted by Crippen LogP contribution is -2.39. The summed E-state index contributed by atoms with van der Waals surface area (Å²) in [6, 6.07) is 0.144. The van der Waals surface area contributed by atoms with Gasteiger partial charge in [0.2, 0.25) is 5.91 Å². The zero-order chi connectivity index (χ0) is 11.3. The minimum atomic E-state index is -0.233. The minimum absolute atomic E-state index is 0.151. The van der Waals surface area contributed by atoms with Gasteiger partial charge in [-0.1, -0.05) is 32.6 Å². The van der Waals surface area contributed by atoms with Gasteiger partial charge in [-0.15, -0.1) is 0 Å². The Bertz CT molecular complexity index is 206. The van der Waals surface area contributed by atoms with Gasteiger partial charge in [0.25, 0.3) is 0 Å². The first-order valence-corrected chi connectivity index (χ1v) is 6.23. The molecule has 0 aliphatic carbocycles. The van der Waals surface area contributed by atoms with Crippen molar-refractivity contribution in [1.29, 1.82) is 0 Å². The molecule has 88 valence electrons. The van der Waals surface area contributed by atoms with Gasteiger partial charge >= 0.3 is 0 Å². The molecule has 2 unspecified atom stereocenters. The summed E-state index contributed by atoms with van der Waals surface area (Å²) in [5.74, 6) is 0.151. The first-order valence-electron chi connectivity index (χ1n) is 6.23. The van der Waals surface area contributed by atoms with Crippen molar-refractivity contribution in [3.8, 4) is 0 Å². The van der Waals surface area contributed by atoms with E-state index >= 15 is 0 Å². The van der Waals surface area contributed by atoms with Crippen LogP contribution in [0.5, 0.6) is 0 Å². The fourth-order valence-electron chi connectivity index (χ4n) is 2.18. The van der Waals surface area contributed by atoms with Gasteiger partial charge < -0.3 is 10.6 Å². The Kier molecular flexibility index (Phi) is 5.09. The summed E-state index contributed by atoms with van der Waals surface area (Å²) in [4.78, 5) is 13.6. The third kappa shape index (κ3) is 3.49. The maximum absolute atomic E-state index is 11.6. The van der Waals surface area contributed by atoms with E-state index in [1.54, 1.807) is 0 Å². The average molecular weight is 212 g/mol. The first-order chi connectivity index (χ1) is 7.16. The van der Waals surface area contributed by atoms with Gasteiger partial charge in [0.15, 0.2) is 0 Å². The Morgan fingerprint density at radius 2 is 2.20 bits per heavy atom. The molecule has 3 heteroatoms. The maximum Gasteiger partial charge on any atom is 0.239 e. The molecule has 0 aromatic rings. The van der Waals surface area contributed by atoms with E-state index in [0.29, 0.717) is 6.04 Å². The molecule has 1 saturated heterocycles. The van der Waals surface area contributed by atoms with E-state index in [4.69, 9.17) is 5.73 Å². The number of hydrogen-bond acceptors (Lipinski definition) is 2. The lowest BCUT2D eigenvalue weighted by Gasteiger charge is -2.24. The highest BCUT2D eigenvalue weighted by Crippen LogP contribution is 2.17. The number of carbonyl (C=O) groups excluding carboxylic acids is 1. The minimum Gasteiger partial charge on any atom is -0.339 e. The molecule has 1 heterocycles. The number of hydrogen-bond donors (Lipinski definition) is 1. The third-order valence-electron chi connectivity index (χ3n) is 3.29. The Morgan fingerprint density at radius 1 is 1.47 bits per heavy atom. The van der Waals surface area contributed by atoms with Crippen LogP contribution in [0.25, 0.3) is 0 Å². The van der Waals surface area contributed by atoms with Crippen LogP contribution < -0.4 is 5.73 Å². The highest BCUT2D eigenvalue weighted by atomic mass is 16.2. The Balaban J connectivity index is 2.22. The van der Waals surface area contributed by atoms with Crippen molar-refractivity contribution in [2.24, 2.45) is 5.73 Å². The van der Waals surface area contributed by atoms with Crippen molar-refractivity contribution in [2.75, 3.05) is 6.54 Å². The van der Waals surface area contributed by atoms with Gasteiger partial charge in [0, 0.05) is 12.6 Å². The van der Waals surface area contributed by atoms with Crippen LogP contribution in [0, 0.1) is 0 Å². The molecule has 1 aliphatic rings. The van der Waals surface area contributed by atoms with Crippen molar-refractivity contribution in [2.45, 2.75) is 64.5 Å². The van der Waals surface area contributed by atoms with E-state index < -0.39 is 0 Å². The van der Waals surface area contributed by atoms with Crippen LogP contribution in [-0.2, 0) is 4.79 Å². The number of nitrogens with zero attached hydrogens (tertiary/aromatic N) is 1.